The summed E-state index contributed by atoms with van der Waals surface area (Å²) in [7, 11) is 0. The summed E-state index contributed by atoms with van der Waals surface area (Å²) in [5.41, 5.74) is 2.24. The van der Waals surface area contributed by atoms with Crippen molar-refractivity contribution in [2.45, 2.75) is 12.3 Å². The molecule has 94 valence electrons. The largest absolute Gasteiger partial charge is 0.772 e. The summed E-state index contributed by atoms with van der Waals surface area (Å²) < 4.78 is 21.9. The van der Waals surface area contributed by atoms with Crippen molar-refractivity contribution in [2.75, 3.05) is 5.75 Å². The minimum atomic E-state index is -2.02. The lowest BCUT2D eigenvalue weighted by atomic mass is 9.94. The third-order valence-electron chi connectivity index (χ3n) is 2.93. The van der Waals surface area contributed by atoms with E-state index < -0.39 is 11.1 Å². The zero-order valence-electron chi connectivity index (χ0n) is 9.99. The Morgan fingerprint density at radius 3 is 2.06 bits per heavy atom. The molecule has 0 aliphatic rings. The SMILES string of the molecule is O=S([O-])CC(Cc1ccccc1)c1ccccc1. The highest BCUT2D eigenvalue weighted by atomic mass is 32.2. The standard InChI is InChI=1S/C15H16O2S/c16-18(17)12-15(14-9-5-2-6-10-14)11-13-7-3-1-4-8-13/h1-10,15H,11-12H2,(H,16,17)/p-1. The Kier molecular flexibility index (Phi) is 4.67. The molecule has 2 nitrogen and oxygen atoms in total. The fourth-order valence-corrected chi connectivity index (χ4v) is 2.70. The van der Waals surface area contributed by atoms with Crippen LogP contribution in [0.4, 0.5) is 0 Å². The molecule has 0 saturated carbocycles. The Morgan fingerprint density at radius 1 is 0.944 bits per heavy atom. The molecule has 0 saturated heterocycles. The molecule has 3 heteroatoms. The van der Waals surface area contributed by atoms with E-state index in [1.165, 1.54) is 0 Å². The first-order chi connectivity index (χ1) is 8.75. The predicted octanol–water partition coefficient (Wildman–Crippen LogP) is 2.89. The number of benzene rings is 2. The summed E-state index contributed by atoms with van der Waals surface area (Å²) in [4.78, 5) is 0. The number of hydrogen-bond acceptors (Lipinski definition) is 2. The molecule has 0 aliphatic carbocycles. The van der Waals surface area contributed by atoms with Crippen LogP contribution in [-0.2, 0) is 17.5 Å². The molecule has 0 amide bonds. The van der Waals surface area contributed by atoms with Gasteiger partial charge in [-0.1, -0.05) is 71.7 Å². The van der Waals surface area contributed by atoms with Crippen molar-refractivity contribution in [1.29, 1.82) is 0 Å². The molecule has 2 unspecified atom stereocenters. The highest BCUT2D eigenvalue weighted by Gasteiger charge is 2.12. The first-order valence-corrected chi connectivity index (χ1v) is 7.15. The van der Waals surface area contributed by atoms with Crippen LogP contribution in [0.5, 0.6) is 0 Å². The van der Waals surface area contributed by atoms with Gasteiger partial charge in [0, 0.05) is 5.75 Å². The summed E-state index contributed by atoms with van der Waals surface area (Å²) in [5.74, 6) is 0.186. The van der Waals surface area contributed by atoms with E-state index in [2.05, 4.69) is 0 Å². The molecule has 0 bridgehead atoms. The van der Waals surface area contributed by atoms with Gasteiger partial charge in [0.2, 0.25) is 0 Å². The third kappa shape index (κ3) is 3.79. The fraction of sp³-hybridized carbons (Fsp3) is 0.200. The Balaban J connectivity index is 2.18. The van der Waals surface area contributed by atoms with Crippen molar-refractivity contribution in [3.8, 4) is 0 Å². The smallest absolute Gasteiger partial charge is 0.0174 e. The Hall–Kier alpha value is -1.45. The second-order valence-corrected chi connectivity index (χ2v) is 5.21. The van der Waals surface area contributed by atoms with Crippen LogP contribution in [0.1, 0.15) is 17.0 Å². The van der Waals surface area contributed by atoms with Gasteiger partial charge in [-0.2, -0.15) is 0 Å². The zero-order chi connectivity index (χ0) is 12.8. The van der Waals surface area contributed by atoms with E-state index in [1.807, 2.05) is 60.7 Å². The fourth-order valence-electron chi connectivity index (χ4n) is 2.06. The monoisotopic (exact) mass is 259 g/mol. The lowest BCUT2D eigenvalue weighted by molar-refractivity contribution is 0.530. The van der Waals surface area contributed by atoms with Gasteiger partial charge >= 0.3 is 0 Å². The maximum atomic E-state index is 11.0. The molecular formula is C15H15O2S-. The molecule has 0 radical (unpaired) electrons. The minimum Gasteiger partial charge on any atom is -0.772 e. The van der Waals surface area contributed by atoms with Gasteiger partial charge in [-0.05, 0) is 23.5 Å². The normalized spacial score (nSPS) is 14.1. The molecule has 0 aliphatic heterocycles. The molecule has 0 N–H and O–H groups in total. The lowest BCUT2D eigenvalue weighted by Crippen LogP contribution is -2.12. The van der Waals surface area contributed by atoms with Gasteiger partial charge in [-0.25, -0.2) is 0 Å². The van der Waals surface area contributed by atoms with Crippen LogP contribution in [0.15, 0.2) is 60.7 Å². The van der Waals surface area contributed by atoms with E-state index in [0.717, 1.165) is 17.5 Å². The molecule has 2 rings (SSSR count). The van der Waals surface area contributed by atoms with Crippen LogP contribution in [-0.4, -0.2) is 14.5 Å². The lowest BCUT2D eigenvalue weighted by Gasteiger charge is -2.19. The summed E-state index contributed by atoms with van der Waals surface area (Å²) in [5, 5.41) is 0. The number of rotatable bonds is 5. The first kappa shape index (κ1) is 13.0. The maximum absolute atomic E-state index is 11.0. The molecule has 0 fully saturated rings. The zero-order valence-corrected chi connectivity index (χ0v) is 10.8. The van der Waals surface area contributed by atoms with Gasteiger partial charge in [-0.3, -0.25) is 4.21 Å². The van der Waals surface area contributed by atoms with Crippen LogP contribution in [0.2, 0.25) is 0 Å². The van der Waals surface area contributed by atoms with Crippen LogP contribution in [0, 0.1) is 0 Å². The van der Waals surface area contributed by atoms with Crippen molar-refractivity contribution in [3.05, 3.63) is 71.8 Å². The van der Waals surface area contributed by atoms with Crippen LogP contribution in [0.3, 0.4) is 0 Å². The van der Waals surface area contributed by atoms with Gasteiger partial charge in [0.15, 0.2) is 0 Å². The van der Waals surface area contributed by atoms with Gasteiger partial charge in [0.05, 0.1) is 0 Å². The molecule has 0 heterocycles. The molecular weight excluding hydrogens is 244 g/mol. The van der Waals surface area contributed by atoms with Crippen molar-refractivity contribution in [3.63, 3.8) is 0 Å². The van der Waals surface area contributed by atoms with Gasteiger partial charge in [0.25, 0.3) is 0 Å². The average molecular weight is 259 g/mol. The molecule has 2 aromatic carbocycles. The summed E-state index contributed by atoms with van der Waals surface area (Å²) in [6.07, 6.45) is 0.749. The average Bonchev–Trinajstić information content (AvgIpc) is 2.40. The van der Waals surface area contributed by atoms with Crippen molar-refractivity contribution in [2.24, 2.45) is 0 Å². The van der Waals surface area contributed by atoms with Gasteiger partial charge < -0.3 is 4.55 Å². The van der Waals surface area contributed by atoms with Crippen molar-refractivity contribution >= 4 is 11.1 Å². The van der Waals surface area contributed by atoms with Crippen LogP contribution in [0.25, 0.3) is 0 Å². The molecule has 18 heavy (non-hydrogen) atoms. The van der Waals surface area contributed by atoms with Crippen LogP contribution < -0.4 is 0 Å². The summed E-state index contributed by atoms with van der Waals surface area (Å²) in [6, 6.07) is 19.8. The van der Waals surface area contributed by atoms with Crippen LogP contribution >= 0.6 is 0 Å². The molecule has 0 spiro atoms. The Labute approximate surface area is 110 Å². The van der Waals surface area contributed by atoms with E-state index in [4.69, 9.17) is 0 Å². The highest BCUT2D eigenvalue weighted by Crippen LogP contribution is 2.21. The topological polar surface area (TPSA) is 40.1 Å². The molecule has 2 aromatic rings. The van der Waals surface area contributed by atoms with Crippen molar-refractivity contribution in [1.82, 2.24) is 0 Å². The summed E-state index contributed by atoms with van der Waals surface area (Å²) >= 11 is -2.02. The second-order valence-electron chi connectivity index (χ2n) is 4.27. The molecule has 2 atom stereocenters. The van der Waals surface area contributed by atoms with Gasteiger partial charge in [-0.15, -0.1) is 0 Å². The minimum absolute atomic E-state index is 0.0203. The summed E-state index contributed by atoms with van der Waals surface area (Å²) in [6.45, 7) is 0. The number of hydrogen-bond donors (Lipinski definition) is 0. The Morgan fingerprint density at radius 2 is 1.50 bits per heavy atom. The van der Waals surface area contributed by atoms with E-state index >= 15 is 0 Å². The second kappa shape index (κ2) is 6.47. The van der Waals surface area contributed by atoms with Crippen molar-refractivity contribution < 1.29 is 8.76 Å². The predicted molar refractivity (Wildman–Crippen MR) is 73.1 cm³/mol. The third-order valence-corrected chi connectivity index (χ3v) is 3.61. The highest BCUT2D eigenvalue weighted by molar-refractivity contribution is 7.79. The molecule has 0 aromatic heterocycles. The van der Waals surface area contributed by atoms with E-state index in [0.29, 0.717) is 0 Å². The van der Waals surface area contributed by atoms with E-state index in [-0.39, 0.29) is 11.7 Å². The van der Waals surface area contributed by atoms with E-state index in [1.54, 1.807) is 0 Å². The van der Waals surface area contributed by atoms with Gasteiger partial charge in [0.1, 0.15) is 0 Å². The van der Waals surface area contributed by atoms with E-state index in [9.17, 15) is 8.76 Å². The first-order valence-electron chi connectivity index (χ1n) is 5.90. The quantitative estimate of drug-likeness (QED) is 0.775. The Bertz CT molecular complexity index is 496. The maximum Gasteiger partial charge on any atom is 0.0174 e.